The summed E-state index contributed by atoms with van der Waals surface area (Å²) < 4.78 is 13.5. The molecule has 0 spiro atoms. The zero-order chi connectivity index (χ0) is 19.6. The molecule has 0 N–H and O–H groups in total. The second kappa shape index (κ2) is 7.74. The number of methoxy groups -OCH3 is 1. The van der Waals surface area contributed by atoms with Crippen LogP contribution in [0.4, 0.5) is 0 Å². The van der Waals surface area contributed by atoms with Crippen LogP contribution >= 0.6 is 23.1 Å². The van der Waals surface area contributed by atoms with Gasteiger partial charge in [0.1, 0.15) is 16.2 Å². The molecule has 0 unspecified atom stereocenters. The van der Waals surface area contributed by atoms with Crippen molar-refractivity contribution >= 4 is 29.0 Å². The quantitative estimate of drug-likeness (QED) is 0.622. The third kappa shape index (κ3) is 4.51. The van der Waals surface area contributed by atoms with Crippen molar-refractivity contribution in [3.63, 3.8) is 0 Å². The predicted molar refractivity (Wildman–Crippen MR) is 107 cm³/mol. The smallest absolute Gasteiger partial charge is 0.282 e. The van der Waals surface area contributed by atoms with E-state index in [0.29, 0.717) is 27.4 Å². The van der Waals surface area contributed by atoms with Crippen LogP contribution in [0.5, 0.6) is 5.75 Å². The van der Waals surface area contributed by atoms with Gasteiger partial charge in [0.25, 0.3) is 5.91 Å². The van der Waals surface area contributed by atoms with Crippen molar-refractivity contribution in [2.75, 3.05) is 7.11 Å². The Balaban J connectivity index is 2.07. The minimum atomic E-state index is -0.391. The van der Waals surface area contributed by atoms with Crippen molar-refractivity contribution in [1.82, 2.24) is 3.96 Å². The van der Waals surface area contributed by atoms with Gasteiger partial charge in [-0.25, -0.2) is 0 Å². The van der Waals surface area contributed by atoms with Crippen molar-refractivity contribution < 1.29 is 13.9 Å². The van der Waals surface area contributed by atoms with E-state index < -0.39 is 5.91 Å². The normalized spacial score (nSPS) is 12.4. The van der Waals surface area contributed by atoms with Crippen LogP contribution < -0.4 is 9.41 Å². The summed E-state index contributed by atoms with van der Waals surface area (Å²) in [5, 5.41) is 0.459. The summed E-state index contributed by atoms with van der Waals surface area (Å²) in [4.78, 5) is 17.2. The molecule has 0 radical (unpaired) electrons. The zero-order valence-electron chi connectivity index (χ0n) is 15.7. The molecule has 2 aromatic heterocycles. The van der Waals surface area contributed by atoms with Gasteiger partial charge in [-0.3, -0.25) is 8.75 Å². The number of carbonyl (C=O) groups is 1. The minimum absolute atomic E-state index is 0.118. The minimum Gasteiger partial charge on any atom is -0.496 e. The van der Waals surface area contributed by atoms with E-state index in [4.69, 9.17) is 20.8 Å². The van der Waals surface area contributed by atoms with E-state index in [0.717, 1.165) is 11.3 Å². The Bertz CT molecular complexity index is 1010. The van der Waals surface area contributed by atoms with Crippen molar-refractivity contribution in [2.24, 2.45) is 4.99 Å². The maximum Gasteiger partial charge on any atom is 0.282 e. The van der Waals surface area contributed by atoms with Gasteiger partial charge >= 0.3 is 0 Å². The molecule has 7 heteroatoms. The van der Waals surface area contributed by atoms with Gasteiger partial charge in [0.05, 0.1) is 18.9 Å². The number of hydrogen-bond acceptors (Lipinski definition) is 4. The van der Waals surface area contributed by atoms with E-state index in [1.807, 2.05) is 18.3 Å². The fraction of sp³-hybridized carbons (Fsp3) is 0.300. The molecule has 2 heterocycles. The first-order chi connectivity index (χ1) is 12.8. The van der Waals surface area contributed by atoms with Gasteiger partial charge in [0.15, 0.2) is 0 Å². The van der Waals surface area contributed by atoms with Crippen LogP contribution in [-0.2, 0) is 12.0 Å². The molecule has 3 aromatic rings. The van der Waals surface area contributed by atoms with E-state index in [-0.39, 0.29) is 5.54 Å². The lowest BCUT2D eigenvalue weighted by molar-refractivity contribution is 0.0996. The predicted octanol–water partition coefficient (Wildman–Crippen LogP) is 4.89. The molecule has 0 aliphatic carbocycles. The van der Waals surface area contributed by atoms with E-state index >= 15 is 0 Å². The molecule has 1 aromatic carbocycles. The van der Waals surface area contributed by atoms with Crippen molar-refractivity contribution in [2.45, 2.75) is 32.7 Å². The third-order valence-electron chi connectivity index (χ3n) is 3.93. The molecule has 5 nitrogen and oxygen atoms in total. The molecular weight excluding hydrogens is 384 g/mol. The van der Waals surface area contributed by atoms with Crippen LogP contribution in [0.2, 0.25) is 5.02 Å². The average molecular weight is 405 g/mol. The standard InChI is InChI=1S/C20H21ClN2O3S/c1-20(2,3)23-12-13(10-15-6-5-9-26-15)19(27-23)22-18(24)16-11-14(21)7-8-17(16)25-4/h5-9,11-12H,10H2,1-4H3/b22-19-. The lowest BCUT2D eigenvalue weighted by Crippen LogP contribution is -2.18. The molecule has 27 heavy (non-hydrogen) atoms. The Morgan fingerprint density at radius 1 is 1.33 bits per heavy atom. The summed E-state index contributed by atoms with van der Waals surface area (Å²) in [6, 6.07) is 8.67. The number of amides is 1. The van der Waals surface area contributed by atoms with Crippen molar-refractivity contribution in [3.8, 4) is 5.75 Å². The largest absolute Gasteiger partial charge is 0.496 e. The molecule has 0 atom stereocenters. The first kappa shape index (κ1) is 19.5. The third-order valence-corrected chi connectivity index (χ3v) is 5.54. The number of hydrogen-bond donors (Lipinski definition) is 0. The number of rotatable bonds is 4. The zero-order valence-corrected chi connectivity index (χ0v) is 17.2. The first-order valence-corrected chi connectivity index (χ1v) is 9.60. The number of carbonyl (C=O) groups excluding carboxylic acids is 1. The summed E-state index contributed by atoms with van der Waals surface area (Å²) >= 11 is 7.49. The number of nitrogens with zero attached hydrogens (tertiary/aromatic N) is 2. The fourth-order valence-electron chi connectivity index (χ4n) is 2.52. The summed E-state index contributed by atoms with van der Waals surface area (Å²) in [7, 11) is 1.51. The Labute approximate surface area is 167 Å². The molecule has 3 rings (SSSR count). The number of halogens is 1. The molecule has 0 aliphatic heterocycles. The van der Waals surface area contributed by atoms with Crippen molar-refractivity contribution in [3.05, 3.63) is 69.4 Å². The Kier molecular flexibility index (Phi) is 5.58. The lowest BCUT2D eigenvalue weighted by atomic mass is 10.1. The van der Waals surface area contributed by atoms with Gasteiger partial charge in [-0.1, -0.05) is 11.6 Å². The van der Waals surface area contributed by atoms with E-state index in [9.17, 15) is 4.79 Å². The average Bonchev–Trinajstić information content (AvgIpc) is 3.25. The van der Waals surface area contributed by atoms with Gasteiger partial charge in [-0.2, -0.15) is 4.99 Å². The highest BCUT2D eigenvalue weighted by molar-refractivity contribution is 7.04. The van der Waals surface area contributed by atoms with E-state index in [2.05, 4.69) is 29.7 Å². The van der Waals surface area contributed by atoms with Crippen LogP contribution in [0.25, 0.3) is 0 Å². The van der Waals surface area contributed by atoms with Gasteiger partial charge in [-0.15, -0.1) is 0 Å². The summed E-state index contributed by atoms with van der Waals surface area (Å²) in [5.74, 6) is 0.872. The fourth-order valence-corrected chi connectivity index (χ4v) is 3.70. The van der Waals surface area contributed by atoms with Crippen LogP contribution in [-0.4, -0.2) is 17.0 Å². The second-order valence-electron chi connectivity index (χ2n) is 7.07. The molecule has 0 saturated heterocycles. The Morgan fingerprint density at radius 3 is 2.74 bits per heavy atom. The molecular formula is C20H21ClN2O3S. The SMILES string of the molecule is COc1ccc(Cl)cc1C(=O)/N=c1\sn(C(C)(C)C)cc1Cc1ccco1. The number of benzene rings is 1. The van der Waals surface area contributed by atoms with Crippen LogP contribution in [0.1, 0.15) is 42.5 Å². The summed E-state index contributed by atoms with van der Waals surface area (Å²) in [5.41, 5.74) is 1.15. The van der Waals surface area contributed by atoms with Gasteiger partial charge in [-0.05, 0) is 62.6 Å². The number of ether oxygens (including phenoxy) is 1. The van der Waals surface area contributed by atoms with Crippen LogP contribution in [0.3, 0.4) is 0 Å². The Morgan fingerprint density at radius 2 is 2.11 bits per heavy atom. The van der Waals surface area contributed by atoms with Gasteiger partial charge in [0.2, 0.25) is 0 Å². The van der Waals surface area contributed by atoms with E-state index in [1.54, 1.807) is 24.5 Å². The molecule has 142 valence electrons. The highest BCUT2D eigenvalue weighted by atomic mass is 35.5. The summed E-state index contributed by atoms with van der Waals surface area (Å²) in [6.45, 7) is 6.31. The van der Waals surface area contributed by atoms with E-state index in [1.165, 1.54) is 18.6 Å². The monoisotopic (exact) mass is 404 g/mol. The topological polar surface area (TPSA) is 56.7 Å². The lowest BCUT2D eigenvalue weighted by Gasteiger charge is -2.19. The molecule has 0 saturated carbocycles. The van der Waals surface area contributed by atoms with Gasteiger partial charge in [0, 0.05) is 28.7 Å². The highest BCUT2D eigenvalue weighted by Crippen LogP contribution is 2.24. The first-order valence-electron chi connectivity index (χ1n) is 8.45. The highest BCUT2D eigenvalue weighted by Gasteiger charge is 2.18. The summed E-state index contributed by atoms with van der Waals surface area (Å²) in [6.07, 6.45) is 4.22. The molecule has 0 fully saturated rings. The van der Waals surface area contributed by atoms with Crippen LogP contribution in [0, 0.1) is 0 Å². The van der Waals surface area contributed by atoms with Crippen molar-refractivity contribution in [1.29, 1.82) is 0 Å². The molecule has 0 aliphatic rings. The maximum absolute atomic E-state index is 12.8. The maximum atomic E-state index is 12.8. The Hall–Kier alpha value is -2.31. The molecule has 0 bridgehead atoms. The molecule has 1 amide bonds. The number of furan rings is 1. The van der Waals surface area contributed by atoms with Gasteiger partial charge < -0.3 is 9.15 Å². The second-order valence-corrected chi connectivity index (χ2v) is 8.46. The number of aromatic nitrogens is 1. The van der Waals surface area contributed by atoms with Crippen LogP contribution in [0.15, 0.2) is 52.2 Å².